The number of carbonyl (C=O) groups is 5. The van der Waals surface area contributed by atoms with Crippen LogP contribution in [0.25, 0.3) is 21.7 Å². The summed E-state index contributed by atoms with van der Waals surface area (Å²) in [6.45, 7) is 12.6. The average molecular weight is 1060 g/mol. The molecule has 0 spiro atoms. The van der Waals surface area contributed by atoms with E-state index >= 15 is 0 Å². The lowest BCUT2D eigenvalue weighted by Gasteiger charge is -2.40. The van der Waals surface area contributed by atoms with Gasteiger partial charge in [0, 0.05) is 63.1 Å². The number of nitrogens with one attached hydrogen (secondary N) is 2. The van der Waals surface area contributed by atoms with Crippen LogP contribution < -0.4 is 26.0 Å². The summed E-state index contributed by atoms with van der Waals surface area (Å²) in [5.41, 5.74) is 12.6. The Bertz CT molecular complexity index is 2820. The van der Waals surface area contributed by atoms with E-state index in [-0.39, 0.29) is 66.8 Å². The number of unbranched alkanes of at least 4 members (excludes halogenated alkanes) is 5. The smallest absolute Gasteiger partial charge is 0.253 e. The fraction of sp³-hybridized carbons (Fsp3) is 0.474. The minimum atomic E-state index is -0.889. The van der Waals surface area contributed by atoms with Gasteiger partial charge in [-0.1, -0.05) is 82.9 Å². The van der Waals surface area contributed by atoms with E-state index < -0.39 is 23.6 Å². The summed E-state index contributed by atoms with van der Waals surface area (Å²) in [5.74, 6) is 0.0989. The zero-order chi connectivity index (χ0) is 54.1. The summed E-state index contributed by atoms with van der Waals surface area (Å²) in [6.07, 6.45) is 4.85. The SMILES string of the molecule is Cc1ncsc1-c1ccc([C@H](C)NC(=O)[C@@H]2C[C@@H](O)CN2C(=O)[C@@H](NC(=O)CCCCCCCCC(=O)N2CCN(C(=O)c3ccc(OC4CN(c5cc(-c6ccccc6O)nnc5N)C4)cc3)CC2)C(C)(C)C)cc1. The van der Waals surface area contributed by atoms with Gasteiger partial charge in [-0.15, -0.1) is 21.5 Å². The molecule has 3 saturated heterocycles. The number of aliphatic hydroxyl groups is 1. The third-order valence-electron chi connectivity index (χ3n) is 14.6. The molecule has 3 aliphatic heterocycles. The molecule has 6 N–H and O–H groups in total. The lowest BCUT2D eigenvalue weighted by atomic mass is 9.85. The van der Waals surface area contributed by atoms with E-state index in [1.54, 1.807) is 58.7 Å². The number of hydrogen-bond acceptors (Lipinski definition) is 14. The van der Waals surface area contributed by atoms with Crippen LogP contribution in [0.1, 0.15) is 113 Å². The van der Waals surface area contributed by atoms with Gasteiger partial charge < -0.3 is 50.9 Å². The summed E-state index contributed by atoms with van der Waals surface area (Å²) in [4.78, 5) is 80.1. The van der Waals surface area contributed by atoms with E-state index in [9.17, 15) is 34.2 Å². The molecule has 3 fully saturated rings. The molecule has 18 nitrogen and oxygen atoms in total. The summed E-state index contributed by atoms with van der Waals surface area (Å²) < 4.78 is 6.18. The van der Waals surface area contributed by atoms with Crippen molar-refractivity contribution in [1.29, 1.82) is 0 Å². The number of aliphatic hydroxyl groups excluding tert-OH is 1. The first-order valence-electron chi connectivity index (χ1n) is 26.5. The number of anilines is 2. The number of β-amino-alcohol motifs (C(OH)–C–C–N with tert-alkyl or cyclic N) is 1. The molecular weight excluding hydrogens is 985 g/mol. The standard InChI is InChI=1S/C57H72N10O8S/c1-36(38-18-20-39(21-19-38)51-37(2)59-35-76-51)60-54(72)47-30-41(68)32-67(47)56(74)52(57(3,4)5)61-49(70)16-10-8-6-7-9-11-17-50(71)64-26-28-65(29-27-64)55(73)40-22-24-42(25-23-40)75-43-33-66(34-43)46-31-45(62-63-53(46)58)44-14-12-13-15-48(44)69/h12-15,18-25,31,35-36,41,43,47,52,68-69H,6-11,16-17,26-30,32-34H2,1-5H3,(H2,58,63)(H,60,72)(H,61,70)/t36-,41+,47-,52+/m0/s1. The number of thiazole rings is 1. The van der Waals surface area contributed by atoms with Crippen LogP contribution in [-0.2, 0) is 19.2 Å². The van der Waals surface area contributed by atoms with Crippen LogP contribution in [0, 0.1) is 12.3 Å². The third kappa shape index (κ3) is 13.6. The number of aryl methyl sites for hydroxylation is 1. The third-order valence-corrected chi connectivity index (χ3v) is 15.6. The first-order valence-corrected chi connectivity index (χ1v) is 27.4. The van der Waals surface area contributed by atoms with Crippen molar-refractivity contribution in [2.75, 3.05) is 56.4 Å². The number of phenolic OH excluding ortho intramolecular Hbond substituents is 1. The number of carbonyl (C=O) groups excluding carboxylic acids is 5. The first kappa shape index (κ1) is 55.1. The minimum absolute atomic E-state index is 0.00677. The highest BCUT2D eigenvalue weighted by atomic mass is 32.1. The Morgan fingerprint density at radius 1 is 0.829 bits per heavy atom. The van der Waals surface area contributed by atoms with Gasteiger partial charge in [0.15, 0.2) is 5.82 Å². The molecule has 0 aliphatic carbocycles. The largest absolute Gasteiger partial charge is 0.507 e. The van der Waals surface area contributed by atoms with Gasteiger partial charge in [-0.2, -0.15) is 0 Å². The molecule has 2 aromatic heterocycles. The number of nitrogen functional groups attached to an aromatic ring is 1. The van der Waals surface area contributed by atoms with E-state index in [0.29, 0.717) is 80.5 Å². The maximum absolute atomic E-state index is 14.1. The molecule has 5 amide bonds. The molecule has 8 rings (SSSR count). The van der Waals surface area contributed by atoms with Gasteiger partial charge in [-0.3, -0.25) is 24.0 Å². The second-order valence-electron chi connectivity index (χ2n) is 21.4. The number of amides is 5. The van der Waals surface area contributed by atoms with Crippen LogP contribution in [0.15, 0.2) is 84.4 Å². The number of ether oxygens (including phenoxy) is 1. The van der Waals surface area contributed by atoms with Crippen LogP contribution in [0.4, 0.5) is 11.5 Å². The number of likely N-dealkylation sites (tertiary alicyclic amines) is 1. The molecule has 404 valence electrons. The van der Waals surface area contributed by atoms with Gasteiger partial charge in [0.25, 0.3) is 5.91 Å². The molecule has 0 radical (unpaired) electrons. The first-order chi connectivity index (χ1) is 36.4. The zero-order valence-corrected chi connectivity index (χ0v) is 45.1. The van der Waals surface area contributed by atoms with Crippen LogP contribution in [0.3, 0.4) is 0 Å². The number of nitrogens with zero attached hydrogens (tertiary/aromatic N) is 7. The van der Waals surface area contributed by atoms with Gasteiger partial charge in [0.2, 0.25) is 23.6 Å². The number of nitrogens with two attached hydrogens (primary N) is 1. The highest BCUT2D eigenvalue weighted by Gasteiger charge is 2.45. The van der Waals surface area contributed by atoms with Crippen molar-refractivity contribution in [3.8, 4) is 33.2 Å². The average Bonchev–Trinajstić information content (AvgIpc) is 4.02. The number of rotatable bonds is 20. The monoisotopic (exact) mass is 1060 g/mol. The summed E-state index contributed by atoms with van der Waals surface area (Å²) in [7, 11) is 0. The highest BCUT2D eigenvalue weighted by molar-refractivity contribution is 7.13. The lowest BCUT2D eigenvalue weighted by Crippen LogP contribution is -2.57. The molecule has 5 heterocycles. The Morgan fingerprint density at radius 3 is 2.14 bits per heavy atom. The van der Waals surface area contributed by atoms with Crippen molar-refractivity contribution in [2.24, 2.45) is 5.41 Å². The van der Waals surface area contributed by atoms with Gasteiger partial charge in [-0.05, 0) is 85.7 Å². The Morgan fingerprint density at radius 2 is 1.49 bits per heavy atom. The predicted octanol–water partition coefficient (Wildman–Crippen LogP) is 6.91. The fourth-order valence-electron chi connectivity index (χ4n) is 10.1. The normalized spacial score (nSPS) is 17.7. The number of benzene rings is 3. The second kappa shape index (κ2) is 24.7. The van der Waals surface area contributed by atoms with Crippen molar-refractivity contribution >= 4 is 52.4 Å². The number of aromatic hydroxyl groups is 1. The minimum Gasteiger partial charge on any atom is -0.507 e. The second-order valence-corrected chi connectivity index (χ2v) is 22.2. The van der Waals surface area contributed by atoms with Crippen molar-refractivity contribution in [3.05, 3.63) is 101 Å². The van der Waals surface area contributed by atoms with E-state index in [2.05, 4.69) is 25.8 Å². The van der Waals surface area contributed by atoms with Gasteiger partial charge in [0.1, 0.15) is 29.7 Å². The Hall–Kier alpha value is -7.12. The van der Waals surface area contributed by atoms with Gasteiger partial charge in [-0.25, -0.2) is 4.98 Å². The highest BCUT2D eigenvalue weighted by Crippen LogP contribution is 2.35. The summed E-state index contributed by atoms with van der Waals surface area (Å²) in [6, 6.07) is 21.8. The number of aromatic nitrogens is 3. The lowest BCUT2D eigenvalue weighted by molar-refractivity contribution is -0.144. The van der Waals surface area contributed by atoms with Crippen molar-refractivity contribution < 1.29 is 38.9 Å². The number of para-hydroxylation sites is 1. The summed E-state index contributed by atoms with van der Waals surface area (Å²) in [5, 5.41) is 35.2. The number of piperazine rings is 1. The molecule has 0 bridgehead atoms. The van der Waals surface area contributed by atoms with Crippen LogP contribution in [-0.4, -0.2) is 140 Å². The number of phenols is 1. The van der Waals surface area contributed by atoms with Gasteiger partial charge in [0.05, 0.1) is 52.7 Å². The fourth-order valence-corrected chi connectivity index (χ4v) is 10.9. The molecule has 0 saturated carbocycles. The molecular formula is C57H72N10O8S. The van der Waals surface area contributed by atoms with Crippen LogP contribution in [0.2, 0.25) is 0 Å². The van der Waals surface area contributed by atoms with Crippen molar-refractivity contribution in [2.45, 2.75) is 123 Å². The maximum Gasteiger partial charge on any atom is 0.253 e. The van der Waals surface area contributed by atoms with Crippen molar-refractivity contribution in [3.63, 3.8) is 0 Å². The molecule has 0 unspecified atom stereocenters. The molecule has 76 heavy (non-hydrogen) atoms. The molecule has 5 aromatic rings. The van der Waals surface area contributed by atoms with Crippen molar-refractivity contribution in [1.82, 2.24) is 40.5 Å². The Kier molecular flexibility index (Phi) is 17.9. The van der Waals surface area contributed by atoms with E-state index in [0.717, 1.165) is 59.5 Å². The topological polar surface area (TPSA) is 237 Å². The Labute approximate surface area is 449 Å². The van der Waals surface area contributed by atoms with Crippen LogP contribution >= 0.6 is 11.3 Å². The van der Waals surface area contributed by atoms with E-state index in [4.69, 9.17) is 10.5 Å². The maximum atomic E-state index is 14.1. The number of hydrogen-bond donors (Lipinski definition) is 5. The van der Waals surface area contributed by atoms with Gasteiger partial charge >= 0.3 is 0 Å². The molecule has 4 atom stereocenters. The quantitative estimate of drug-likeness (QED) is 0.0499. The molecule has 3 aromatic carbocycles. The molecule has 19 heteroatoms. The zero-order valence-electron chi connectivity index (χ0n) is 44.2. The summed E-state index contributed by atoms with van der Waals surface area (Å²) >= 11 is 1.58. The van der Waals surface area contributed by atoms with E-state index in [1.165, 1.54) is 4.90 Å². The van der Waals surface area contributed by atoms with Crippen LogP contribution in [0.5, 0.6) is 11.5 Å². The van der Waals surface area contributed by atoms with E-state index in [1.807, 2.05) is 86.3 Å². The molecule has 3 aliphatic rings. The predicted molar refractivity (Wildman–Crippen MR) is 292 cm³/mol. The Balaban J connectivity index is 0.687.